The highest BCUT2D eigenvalue weighted by Gasteiger charge is 2.25. The number of carbonyl (C=O) groups is 2. The van der Waals surface area contributed by atoms with E-state index in [-0.39, 0.29) is 12.0 Å². The van der Waals surface area contributed by atoms with Crippen molar-refractivity contribution < 1.29 is 23.8 Å². The number of rotatable bonds is 5. The van der Waals surface area contributed by atoms with Crippen molar-refractivity contribution in [1.29, 1.82) is 0 Å². The minimum Gasteiger partial charge on any atom is -0.494 e. The quantitative estimate of drug-likeness (QED) is 0.482. The molecule has 1 N–H and O–H groups in total. The summed E-state index contributed by atoms with van der Waals surface area (Å²) >= 11 is 1.41. The highest BCUT2D eigenvalue weighted by molar-refractivity contribution is 7.22. The minimum atomic E-state index is -0.535. The smallest absolute Gasteiger partial charge is 0.410 e. The molecule has 2 aliphatic rings. The number of aromatic nitrogens is 2. The fourth-order valence-electron chi connectivity index (χ4n) is 4.55. The number of thiazole rings is 1. The van der Waals surface area contributed by atoms with E-state index in [1.165, 1.54) is 11.3 Å². The largest absolute Gasteiger partial charge is 0.494 e. The monoisotopic (exact) mass is 551 g/mol. The average molecular weight is 552 g/mol. The van der Waals surface area contributed by atoms with E-state index in [1.54, 1.807) is 30.3 Å². The average Bonchev–Trinajstić information content (AvgIpc) is 3.36. The van der Waals surface area contributed by atoms with Crippen LogP contribution in [0.4, 0.5) is 15.7 Å². The number of pyridine rings is 1. The lowest BCUT2D eigenvalue weighted by atomic mass is 9.99. The number of hydrogen-bond donors (Lipinski definition) is 1. The van der Waals surface area contributed by atoms with E-state index in [4.69, 9.17) is 19.2 Å². The van der Waals surface area contributed by atoms with E-state index < -0.39 is 5.60 Å². The highest BCUT2D eigenvalue weighted by atomic mass is 32.1. The number of fused-ring (bicyclic) bond motifs is 1. The maximum atomic E-state index is 13.2. The van der Waals surface area contributed by atoms with Gasteiger partial charge in [0.1, 0.15) is 22.7 Å². The molecule has 2 aliphatic heterocycles. The van der Waals surface area contributed by atoms with Crippen LogP contribution in [-0.2, 0) is 9.47 Å². The normalized spacial score (nSPS) is 16.2. The van der Waals surface area contributed by atoms with Crippen LogP contribution in [0.15, 0.2) is 36.5 Å². The number of anilines is 2. The number of methoxy groups -OCH3 is 1. The Morgan fingerprint density at radius 3 is 2.62 bits per heavy atom. The van der Waals surface area contributed by atoms with Crippen molar-refractivity contribution in [3.63, 3.8) is 0 Å². The molecule has 11 heteroatoms. The van der Waals surface area contributed by atoms with Crippen LogP contribution in [0.2, 0.25) is 0 Å². The maximum absolute atomic E-state index is 13.2. The molecule has 5 rings (SSSR count). The molecule has 0 atom stereocenters. The molecule has 4 heterocycles. The first-order valence-electron chi connectivity index (χ1n) is 13.0. The third-order valence-electron chi connectivity index (χ3n) is 6.50. The predicted molar refractivity (Wildman–Crippen MR) is 152 cm³/mol. The number of nitrogens with one attached hydrogen (secondary N) is 1. The molecule has 2 aromatic heterocycles. The van der Waals surface area contributed by atoms with Crippen LogP contribution in [0.1, 0.15) is 43.1 Å². The molecule has 1 saturated heterocycles. The first-order chi connectivity index (χ1) is 18.7. The lowest BCUT2D eigenvalue weighted by molar-refractivity contribution is 0.0270. The first-order valence-corrected chi connectivity index (χ1v) is 13.8. The van der Waals surface area contributed by atoms with Crippen molar-refractivity contribution in [2.45, 2.75) is 32.8 Å². The number of morpholine rings is 1. The van der Waals surface area contributed by atoms with Gasteiger partial charge >= 0.3 is 6.09 Å². The Kier molecular flexibility index (Phi) is 7.72. The van der Waals surface area contributed by atoms with Gasteiger partial charge in [0.25, 0.3) is 5.91 Å². The van der Waals surface area contributed by atoms with Gasteiger partial charge in [-0.3, -0.25) is 10.1 Å². The molecule has 0 unspecified atom stereocenters. The van der Waals surface area contributed by atoms with Gasteiger partial charge in [-0.15, -0.1) is 0 Å². The molecule has 39 heavy (non-hydrogen) atoms. The molecule has 3 aromatic rings. The first kappa shape index (κ1) is 26.9. The molecule has 10 nitrogen and oxygen atoms in total. The highest BCUT2D eigenvalue weighted by Crippen LogP contribution is 2.39. The van der Waals surface area contributed by atoms with Gasteiger partial charge in [-0.25, -0.2) is 14.8 Å². The van der Waals surface area contributed by atoms with Crippen molar-refractivity contribution in [2.75, 3.05) is 56.7 Å². The van der Waals surface area contributed by atoms with Crippen molar-refractivity contribution in [1.82, 2.24) is 14.9 Å². The summed E-state index contributed by atoms with van der Waals surface area (Å²) in [6, 6.07) is 7.39. The summed E-state index contributed by atoms with van der Waals surface area (Å²) in [5, 5.41) is 3.44. The summed E-state index contributed by atoms with van der Waals surface area (Å²) < 4.78 is 17.4. The van der Waals surface area contributed by atoms with E-state index >= 15 is 0 Å². The van der Waals surface area contributed by atoms with Gasteiger partial charge in [-0.05, 0) is 62.6 Å². The molecule has 1 fully saturated rings. The van der Waals surface area contributed by atoms with Gasteiger partial charge in [-0.2, -0.15) is 0 Å². The second-order valence-corrected chi connectivity index (χ2v) is 11.4. The summed E-state index contributed by atoms with van der Waals surface area (Å²) in [6.07, 6.45) is 4.07. The molecule has 0 aliphatic carbocycles. The zero-order chi connectivity index (χ0) is 27.6. The van der Waals surface area contributed by atoms with Crippen LogP contribution in [-0.4, -0.2) is 79.0 Å². The van der Waals surface area contributed by atoms with Gasteiger partial charge in [-0.1, -0.05) is 17.4 Å². The number of hydrogen-bond acceptors (Lipinski definition) is 9. The number of ether oxygens (including phenoxy) is 3. The number of carbonyl (C=O) groups excluding carboxylic acids is 2. The van der Waals surface area contributed by atoms with Crippen LogP contribution >= 0.6 is 11.3 Å². The third-order valence-corrected chi connectivity index (χ3v) is 7.50. The van der Waals surface area contributed by atoms with Gasteiger partial charge < -0.3 is 24.0 Å². The Bertz CT molecular complexity index is 1410. The Balaban J connectivity index is 1.36. The Hall–Kier alpha value is -3.70. The van der Waals surface area contributed by atoms with Gasteiger partial charge in [0.15, 0.2) is 5.13 Å². The molecule has 1 aromatic carbocycles. The Morgan fingerprint density at radius 2 is 1.92 bits per heavy atom. The second-order valence-electron chi connectivity index (χ2n) is 10.4. The lowest BCUT2D eigenvalue weighted by Gasteiger charge is -2.29. The van der Waals surface area contributed by atoms with Crippen LogP contribution in [0.5, 0.6) is 5.75 Å². The van der Waals surface area contributed by atoms with Gasteiger partial charge in [0.2, 0.25) is 0 Å². The topological polar surface area (TPSA) is 106 Å². The van der Waals surface area contributed by atoms with Crippen molar-refractivity contribution in [3.05, 3.63) is 47.7 Å². The predicted octanol–water partition coefficient (Wildman–Crippen LogP) is 4.81. The Labute approximate surface area is 231 Å². The summed E-state index contributed by atoms with van der Waals surface area (Å²) in [5.41, 5.74) is 2.80. The molecular weight excluding hydrogens is 518 g/mol. The van der Waals surface area contributed by atoms with E-state index in [0.29, 0.717) is 54.7 Å². The summed E-state index contributed by atoms with van der Waals surface area (Å²) in [6.45, 7) is 9.38. The SMILES string of the molecule is COc1ccc(C2=CCN(C(=O)OC(C)(C)C)CC2)c2sc(NC(=O)c3ccnc(N4CCOCC4)c3)nc12. The molecular formula is C28H33N5O5S. The van der Waals surface area contributed by atoms with Gasteiger partial charge in [0, 0.05) is 37.9 Å². The number of amides is 2. The van der Waals surface area contributed by atoms with E-state index in [2.05, 4.69) is 21.3 Å². The van der Waals surface area contributed by atoms with Crippen molar-refractivity contribution >= 4 is 50.1 Å². The van der Waals surface area contributed by atoms with E-state index in [0.717, 1.165) is 34.7 Å². The molecule has 2 amide bonds. The fourth-order valence-corrected chi connectivity index (χ4v) is 5.58. The zero-order valence-electron chi connectivity index (χ0n) is 22.7. The molecule has 0 bridgehead atoms. The second kappa shape index (κ2) is 11.2. The van der Waals surface area contributed by atoms with E-state index in [1.807, 2.05) is 32.9 Å². The molecule has 206 valence electrons. The number of nitrogens with zero attached hydrogens (tertiary/aromatic N) is 4. The van der Waals surface area contributed by atoms with Crippen LogP contribution in [0, 0.1) is 0 Å². The Morgan fingerprint density at radius 1 is 1.13 bits per heavy atom. The van der Waals surface area contributed by atoms with Crippen LogP contribution in [0.25, 0.3) is 15.8 Å². The van der Waals surface area contributed by atoms with Crippen LogP contribution < -0.4 is 15.0 Å². The van der Waals surface area contributed by atoms with E-state index in [9.17, 15) is 9.59 Å². The zero-order valence-corrected chi connectivity index (χ0v) is 23.5. The summed E-state index contributed by atoms with van der Waals surface area (Å²) in [7, 11) is 1.61. The lowest BCUT2D eigenvalue weighted by Crippen LogP contribution is -2.39. The standard InChI is InChI=1S/C28H33N5O5S/c1-28(2,3)38-27(35)33-11-8-18(9-12-33)20-5-6-21(36-4)23-24(20)39-26(30-23)31-25(34)19-7-10-29-22(17-19)32-13-15-37-16-14-32/h5-8,10,17H,9,11-16H2,1-4H3,(H,30,31,34). The van der Waals surface area contributed by atoms with Crippen molar-refractivity contribution in [2.24, 2.45) is 0 Å². The van der Waals surface area contributed by atoms with Crippen molar-refractivity contribution in [3.8, 4) is 5.75 Å². The third kappa shape index (κ3) is 6.15. The fraction of sp³-hybridized carbons (Fsp3) is 0.429. The minimum absolute atomic E-state index is 0.253. The molecule has 0 radical (unpaired) electrons. The summed E-state index contributed by atoms with van der Waals surface area (Å²) in [4.78, 5) is 38.6. The molecule has 0 saturated carbocycles. The summed E-state index contributed by atoms with van der Waals surface area (Å²) in [5.74, 6) is 1.14. The van der Waals surface area contributed by atoms with Gasteiger partial charge in [0.05, 0.1) is 25.0 Å². The molecule has 0 spiro atoms. The number of benzene rings is 1. The van der Waals surface area contributed by atoms with Crippen LogP contribution in [0.3, 0.4) is 0 Å². The maximum Gasteiger partial charge on any atom is 0.410 e.